The van der Waals surface area contributed by atoms with Gasteiger partial charge in [0, 0.05) is 50.2 Å². The molecule has 0 saturated carbocycles. The first-order valence-corrected chi connectivity index (χ1v) is 23.2. The van der Waals surface area contributed by atoms with Crippen molar-refractivity contribution in [2.24, 2.45) is 21.8 Å². The van der Waals surface area contributed by atoms with E-state index in [1.165, 1.54) is 38.6 Å². The number of fused-ring (bicyclic) bond motifs is 10. The van der Waals surface area contributed by atoms with Gasteiger partial charge in [0.05, 0.1) is 16.6 Å². The summed E-state index contributed by atoms with van der Waals surface area (Å²) >= 11 is 0. The van der Waals surface area contributed by atoms with Crippen LogP contribution in [-0.2, 0) is 12.1 Å². The Bertz CT molecular complexity index is 3760. The minimum absolute atomic E-state index is 0.379. The van der Waals surface area contributed by atoms with Crippen molar-refractivity contribution in [2.75, 3.05) is 0 Å². The maximum atomic E-state index is 7.07. The summed E-state index contributed by atoms with van der Waals surface area (Å²) in [5, 5.41) is 9.59. The highest BCUT2D eigenvalue weighted by Gasteiger charge is 2.34. The van der Waals surface area contributed by atoms with Crippen molar-refractivity contribution in [1.29, 1.82) is 0 Å². The predicted octanol–water partition coefficient (Wildman–Crippen LogP) is 14.8. The van der Waals surface area contributed by atoms with Gasteiger partial charge < -0.3 is 14.3 Å². The molecule has 0 amide bonds. The van der Waals surface area contributed by atoms with E-state index in [1.54, 1.807) is 0 Å². The van der Waals surface area contributed by atoms with E-state index in [4.69, 9.17) is 14.4 Å². The summed E-state index contributed by atoms with van der Waals surface area (Å²) in [5.74, 6) is 3.30. The number of nitrogens with zero attached hydrogens (tertiary/aromatic N) is 4. The Morgan fingerprint density at radius 3 is 2.05 bits per heavy atom. The molecule has 4 heterocycles. The lowest BCUT2D eigenvalue weighted by atomic mass is 9.92. The van der Waals surface area contributed by atoms with E-state index in [-0.39, 0.29) is 0 Å². The molecule has 6 nitrogen and oxygen atoms in total. The third-order valence-electron chi connectivity index (χ3n) is 14.0. The van der Waals surface area contributed by atoms with Crippen LogP contribution in [0.25, 0.3) is 88.6 Å². The summed E-state index contributed by atoms with van der Waals surface area (Å²) < 4.78 is 11.8. The number of benzene rings is 7. The lowest BCUT2D eigenvalue weighted by Gasteiger charge is -2.33. The van der Waals surface area contributed by atoms with Gasteiger partial charge in [-0.15, -0.1) is 0 Å². The largest absolute Gasteiger partial charge is 0.458 e. The fraction of sp³-hybridized carbons (Fsp3) is 0.133. The summed E-state index contributed by atoms with van der Waals surface area (Å²) in [7, 11) is 0. The molecule has 3 aliphatic rings. The summed E-state index contributed by atoms with van der Waals surface area (Å²) in [6.45, 7) is 6.67. The topological polar surface area (TPSA) is 59.8 Å². The molecule has 66 heavy (non-hydrogen) atoms. The van der Waals surface area contributed by atoms with Gasteiger partial charge in [-0.2, -0.15) is 4.99 Å². The first kappa shape index (κ1) is 38.5. The van der Waals surface area contributed by atoms with Crippen LogP contribution in [-0.4, -0.2) is 20.9 Å². The summed E-state index contributed by atoms with van der Waals surface area (Å²) in [4.78, 5) is 10.9. The molecule has 1 N–H and O–H groups in total. The van der Waals surface area contributed by atoms with Crippen molar-refractivity contribution in [2.45, 2.75) is 39.3 Å². The van der Waals surface area contributed by atoms with Crippen LogP contribution in [0.5, 0.6) is 0 Å². The third kappa shape index (κ3) is 6.01. The number of rotatable bonds is 5. The highest BCUT2D eigenvalue weighted by atomic mass is 16.3. The van der Waals surface area contributed by atoms with Crippen LogP contribution in [0.2, 0.25) is 0 Å². The number of para-hydroxylation sites is 2. The Labute approximate surface area is 383 Å². The zero-order valence-electron chi connectivity index (χ0n) is 37.2. The van der Waals surface area contributed by atoms with Gasteiger partial charge in [0.25, 0.3) is 0 Å². The van der Waals surface area contributed by atoms with Gasteiger partial charge in [0.2, 0.25) is 5.96 Å². The maximum Gasteiger partial charge on any atom is 0.234 e. The Hall–Kier alpha value is -7.96. The Morgan fingerprint density at radius 1 is 0.606 bits per heavy atom. The van der Waals surface area contributed by atoms with E-state index in [1.807, 2.05) is 12.1 Å². The standard InChI is InChI=1S/C60H47N5O/c1-37-22-30-44(31-23-37)64-51-20-12-10-18-45(51)46-33-29-42(35-53(46)64)39-25-27-40(28-26-39)49-36-50-47-32-24-38(2)34-54(47)66-57(50)56-55(49)48-19-11-13-21-52(48)65(56)59-61-58(41-14-6-4-7-15-41)62-60(3,63-59)43-16-8-5-9-17-43/h4-22,24-33,35-38H,23,34H2,1-3H3,(H,61,62,63)/t37?,38-,60?/m0/s1. The minimum atomic E-state index is -0.811. The molecule has 1 aliphatic heterocycles. The van der Waals surface area contributed by atoms with Crippen molar-refractivity contribution < 1.29 is 4.42 Å². The van der Waals surface area contributed by atoms with Crippen molar-refractivity contribution >= 4 is 78.1 Å². The van der Waals surface area contributed by atoms with Crippen LogP contribution >= 0.6 is 0 Å². The van der Waals surface area contributed by atoms with Crippen molar-refractivity contribution in [3.8, 4) is 22.3 Å². The number of amidine groups is 1. The SMILES string of the molecule is CC1C=CC(n2c3ccccc3c3ccc(-c4ccc(-c5cc6c7c(oc6c6c5c5ccccc5n6C5=NC(C)(c6ccccc6)NC(c6ccccc6)=N5)C[C@@H](C)C=C7)cc4)cc32)=CC1. The molecule has 13 rings (SSSR count). The lowest BCUT2D eigenvalue weighted by Crippen LogP contribution is -2.47. The Morgan fingerprint density at radius 2 is 1.27 bits per heavy atom. The smallest absolute Gasteiger partial charge is 0.234 e. The first-order chi connectivity index (χ1) is 32.4. The van der Waals surface area contributed by atoms with Crippen molar-refractivity contribution in [1.82, 2.24) is 14.5 Å². The molecular weight excluding hydrogens is 807 g/mol. The summed E-state index contributed by atoms with van der Waals surface area (Å²) in [5.41, 5.74) is 13.5. The summed E-state index contributed by atoms with van der Waals surface area (Å²) in [6, 6.07) is 56.7. The summed E-state index contributed by atoms with van der Waals surface area (Å²) in [6.07, 6.45) is 13.5. The van der Waals surface area contributed by atoms with Crippen LogP contribution in [0.15, 0.2) is 196 Å². The predicted molar refractivity (Wildman–Crippen MR) is 275 cm³/mol. The molecular formula is C60H47N5O. The number of hydrogen-bond donors (Lipinski definition) is 1. The molecule has 7 aromatic carbocycles. The van der Waals surface area contributed by atoms with Crippen LogP contribution in [0.3, 0.4) is 0 Å². The number of aliphatic imine (C=N–C) groups is 2. The molecule has 3 aromatic heterocycles. The van der Waals surface area contributed by atoms with Gasteiger partial charge in [-0.3, -0.25) is 4.57 Å². The second-order valence-electron chi connectivity index (χ2n) is 18.5. The molecule has 2 unspecified atom stereocenters. The number of hydrogen-bond acceptors (Lipinski definition) is 4. The van der Waals surface area contributed by atoms with E-state index in [2.05, 4.69) is 211 Å². The second-order valence-corrected chi connectivity index (χ2v) is 18.5. The molecule has 0 bridgehead atoms. The van der Waals surface area contributed by atoms with Crippen molar-refractivity contribution in [3.05, 3.63) is 204 Å². The van der Waals surface area contributed by atoms with Gasteiger partial charge in [-0.25, -0.2) is 4.99 Å². The van der Waals surface area contributed by atoms with E-state index >= 15 is 0 Å². The molecule has 3 atom stereocenters. The highest BCUT2D eigenvalue weighted by molar-refractivity contribution is 6.27. The van der Waals surface area contributed by atoms with Crippen LogP contribution in [0.1, 0.15) is 49.6 Å². The molecule has 0 radical (unpaired) electrons. The fourth-order valence-corrected chi connectivity index (χ4v) is 10.7. The van der Waals surface area contributed by atoms with Gasteiger partial charge in [-0.1, -0.05) is 172 Å². The van der Waals surface area contributed by atoms with E-state index in [9.17, 15) is 0 Å². The average Bonchev–Trinajstić information content (AvgIpc) is 4.02. The van der Waals surface area contributed by atoms with E-state index < -0.39 is 5.66 Å². The highest BCUT2D eigenvalue weighted by Crippen LogP contribution is 2.46. The van der Waals surface area contributed by atoms with Crippen LogP contribution in [0.4, 0.5) is 0 Å². The van der Waals surface area contributed by atoms with Gasteiger partial charge in [0.15, 0.2) is 11.2 Å². The van der Waals surface area contributed by atoms with Crippen LogP contribution in [0, 0.1) is 11.8 Å². The molecule has 10 aromatic rings. The molecule has 0 fully saturated rings. The number of nitrogens with one attached hydrogen (secondary N) is 1. The average molecular weight is 854 g/mol. The third-order valence-corrected chi connectivity index (χ3v) is 14.0. The normalized spacial score (nSPS) is 19.3. The fourth-order valence-electron chi connectivity index (χ4n) is 10.7. The first-order valence-electron chi connectivity index (χ1n) is 23.2. The molecule has 2 aliphatic carbocycles. The maximum absolute atomic E-state index is 7.07. The quantitative estimate of drug-likeness (QED) is 0.187. The van der Waals surface area contributed by atoms with Crippen LogP contribution < -0.4 is 5.32 Å². The number of allylic oxidation sites excluding steroid dienone is 5. The zero-order valence-corrected chi connectivity index (χ0v) is 37.2. The molecule has 6 heteroatoms. The Kier molecular flexibility index (Phi) is 8.63. The molecule has 318 valence electrons. The van der Waals surface area contributed by atoms with E-state index in [0.717, 1.165) is 85.0 Å². The zero-order chi connectivity index (χ0) is 44.1. The Balaban J connectivity index is 1.03. The van der Waals surface area contributed by atoms with E-state index in [0.29, 0.717) is 17.8 Å². The minimum Gasteiger partial charge on any atom is -0.458 e. The second kappa shape index (κ2) is 14.8. The number of aromatic nitrogens is 2. The lowest BCUT2D eigenvalue weighted by molar-refractivity contribution is 0.452. The van der Waals surface area contributed by atoms with Gasteiger partial charge in [-0.05, 0) is 83.3 Å². The molecule has 0 saturated heterocycles. The number of furan rings is 1. The van der Waals surface area contributed by atoms with Gasteiger partial charge >= 0.3 is 0 Å². The molecule has 0 spiro atoms. The van der Waals surface area contributed by atoms with Gasteiger partial charge in [0.1, 0.15) is 17.1 Å². The monoisotopic (exact) mass is 853 g/mol. The van der Waals surface area contributed by atoms with Crippen molar-refractivity contribution in [3.63, 3.8) is 0 Å².